The molecule has 33 heavy (non-hydrogen) atoms. The number of anilines is 1. The Balaban J connectivity index is 1.50. The molecule has 1 aromatic carbocycles. The second kappa shape index (κ2) is 8.83. The van der Waals surface area contributed by atoms with Crippen LogP contribution in [0.4, 0.5) is 5.82 Å². The molecule has 0 bridgehead atoms. The first-order chi connectivity index (χ1) is 15.9. The number of nitrogens with zero attached hydrogens (tertiary/aromatic N) is 4. The molecule has 2 aromatic heterocycles. The van der Waals surface area contributed by atoms with E-state index in [2.05, 4.69) is 15.1 Å². The molecule has 172 valence electrons. The van der Waals surface area contributed by atoms with E-state index in [4.69, 9.17) is 28.2 Å². The molecule has 2 aliphatic rings. The molecule has 5 rings (SSSR count). The van der Waals surface area contributed by atoms with E-state index in [1.165, 1.54) is 4.90 Å². The molecule has 4 heterocycles. The minimum atomic E-state index is -0.934. The molecule has 3 aromatic rings. The number of hydrogen-bond donors (Lipinski definition) is 2. The standard InChI is InChI=1S/C23H23Cl2N5O3/c24-17-6-5-15-16(13-11-26-27-12-13)10-19(28-22(15)21(17)25)29-7-1-3-14(29)9-20(31)30-8-2-4-18(30)23(32)33/h5-6,10-12,14,18H,1-4,7-9H2,(H,26,27)(H,32,33)/t14-,18-/m0/s1. The van der Waals surface area contributed by atoms with Crippen LogP contribution < -0.4 is 4.90 Å². The summed E-state index contributed by atoms with van der Waals surface area (Å²) in [4.78, 5) is 33.0. The van der Waals surface area contributed by atoms with Crippen LogP contribution in [-0.2, 0) is 9.59 Å². The third-order valence-electron chi connectivity index (χ3n) is 6.61. The average molecular weight is 488 g/mol. The summed E-state index contributed by atoms with van der Waals surface area (Å²) in [7, 11) is 0. The highest BCUT2D eigenvalue weighted by Crippen LogP contribution is 2.39. The number of aromatic amines is 1. The molecule has 0 unspecified atom stereocenters. The average Bonchev–Trinajstić information content (AvgIpc) is 3.57. The highest BCUT2D eigenvalue weighted by Gasteiger charge is 2.37. The number of pyridine rings is 1. The van der Waals surface area contributed by atoms with Crippen molar-refractivity contribution in [3.63, 3.8) is 0 Å². The summed E-state index contributed by atoms with van der Waals surface area (Å²) in [5, 5.41) is 18.0. The largest absolute Gasteiger partial charge is 0.480 e. The fourth-order valence-corrected chi connectivity index (χ4v) is 5.35. The summed E-state index contributed by atoms with van der Waals surface area (Å²) < 4.78 is 0. The van der Waals surface area contributed by atoms with E-state index in [0.29, 0.717) is 28.5 Å². The minimum Gasteiger partial charge on any atom is -0.480 e. The Kier molecular flexibility index (Phi) is 5.88. The summed E-state index contributed by atoms with van der Waals surface area (Å²) in [5.41, 5.74) is 2.42. The van der Waals surface area contributed by atoms with Crippen LogP contribution in [0.1, 0.15) is 32.1 Å². The lowest BCUT2D eigenvalue weighted by molar-refractivity contribution is -0.148. The molecule has 0 saturated carbocycles. The number of benzene rings is 1. The van der Waals surface area contributed by atoms with Gasteiger partial charge in [0.15, 0.2) is 0 Å². The van der Waals surface area contributed by atoms with Gasteiger partial charge in [0, 0.05) is 42.7 Å². The van der Waals surface area contributed by atoms with Gasteiger partial charge in [-0.3, -0.25) is 9.89 Å². The smallest absolute Gasteiger partial charge is 0.326 e. The van der Waals surface area contributed by atoms with Crippen LogP contribution >= 0.6 is 23.2 Å². The van der Waals surface area contributed by atoms with Gasteiger partial charge in [-0.1, -0.05) is 29.3 Å². The summed E-state index contributed by atoms with van der Waals surface area (Å²) in [5.74, 6) is -0.334. The third kappa shape index (κ3) is 4.02. The Bertz CT molecular complexity index is 1220. The fourth-order valence-electron chi connectivity index (χ4n) is 4.99. The van der Waals surface area contributed by atoms with Crippen molar-refractivity contribution in [2.75, 3.05) is 18.0 Å². The van der Waals surface area contributed by atoms with E-state index in [1.54, 1.807) is 12.3 Å². The summed E-state index contributed by atoms with van der Waals surface area (Å²) in [6.45, 7) is 1.25. The van der Waals surface area contributed by atoms with Gasteiger partial charge in [0.1, 0.15) is 11.9 Å². The van der Waals surface area contributed by atoms with Gasteiger partial charge in [0.05, 0.1) is 21.8 Å². The Morgan fingerprint density at radius 3 is 2.76 bits per heavy atom. The number of rotatable bonds is 5. The maximum absolute atomic E-state index is 13.0. The summed E-state index contributed by atoms with van der Waals surface area (Å²) in [6, 6.07) is 4.86. The molecule has 2 fully saturated rings. The second-order valence-corrected chi connectivity index (χ2v) is 9.33. The maximum Gasteiger partial charge on any atom is 0.326 e. The summed E-state index contributed by atoms with van der Waals surface area (Å²) >= 11 is 12.8. The molecule has 0 spiro atoms. The van der Waals surface area contributed by atoms with Crippen molar-refractivity contribution < 1.29 is 14.7 Å². The van der Waals surface area contributed by atoms with Crippen LogP contribution in [0.3, 0.4) is 0 Å². The Hall–Kier alpha value is -2.84. The predicted octanol–water partition coefficient (Wildman–Crippen LogP) is 4.37. The number of aromatic nitrogens is 3. The monoisotopic (exact) mass is 487 g/mol. The van der Waals surface area contributed by atoms with Crippen molar-refractivity contribution in [2.24, 2.45) is 0 Å². The van der Waals surface area contributed by atoms with Crippen molar-refractivity contribution in [3.05, 3.63) is 40.6 Å². The molecule has 0 aliphatic carbocycles. The second-order valence-electron chi connectivity index (χ2n) is 8.55. The molecule has 10 heteroatoms. The Morgan fingerprint density at radius 1 is 1.18 bits per heavy atom. The number of carbonyl (C=O) groups is 2. The normalized spacial score (nSPS) is 20.7. The Labute approximate surface area is 200 Å². The number of halogens is 2. The third-order valence-corrected chi connectivity index (χ3v) is 7.40. The van der Waals surface area contributed by atoms with Crippen LogP contribution in [-0.4, -0.2) is 62.2 Å². The van der Waals surface area contributed by atoms with E-state index in [-0.39, 0.29) is 18.4 Å². The molecule has 0 radical (unpaired) electrons. The van der Waals surface area contributed by atoms with Gasteiger partial charge in [-0.15, -0.1) is 0 Å². The number of likely N-dealkylation sites (tertiary alicyclic amines) is 1. The lowest BCUT2D eigenvalue weighted by atomic mass is 10.0. The molecule has 1 amide bonds. The van der Waals surface area contributed by atoms with Crippen molar-refractivity contribution in [1.29, 1.82) is 0 Å². The van der Waals surface area contributed by atoms with Crippen LogP contribution in [0, 0.1) is 0 Å². The molecular weight excluding hydrogens is 465 g/mol. The zero-order valence-corrected chi connectivity index (χ0v) is 19.3. The maximum atomic E-state index is 13.0. The van der Waals surface area contributed by atoms with Crippen molar-refractivity contribution >= 4 is 51.8 Å². The van der Waals surface area contributed by atoms with E-state index in [9.17, 15) is 14.7 Å². The van der Waals surface area contributed by atoms with Gasteiger partial charge in [0.2, 0.25) is 5.91 Å². The molecule has 2 atom stereocenters. The number of carboxylic acids is 1. The molecule has 2 aliphatic heterocycles. The SMILES string of the molecule is O=C(O)[C@@H]1CCCN1C(=O)C[C@@H]1CCCN1c1cc(-c2cn[nH]c2)c2ccc(Cl)c(Cl)c2n1. The van der Waals surface area contributed by atoms with Crippen molar-refractivity contribution in [1.82, 2.24) is 20.1 Å². The first-order valence-electron chi connectivity index (χ1n) is 11.0. The van der Waals surface area contributed by atoms with Gasteiger partial charge in [-0.25, -0.2) is 9.78 Å². The highest BCUT2D eigenvalue weighted by atomic mass is 35.5. The first-order valence-corrected chi connectivity index (χ1v) is 11.8. The number of H-pyrrole nitrogens is 1. The zero-order chi connectivity index (χ0) is 23.1. The lowest BCUT2D eigenvalue weighted by Crippen LogP contribution is -2.43. The number of hydrogen-bond acceptors (Lipinski definition) is 5. The molecule has 8 nitrogen and oxygen atoms in total. The fraction of sp³-hybridized carbons (Fsp3) is 0.391. The predicted molar refractivity (Wildman–Crippen MR) is 127 cm³/mol. The quantitative estimate of drug-likeness (QED) is 0.553. The molecular formula is C23H23Cl2N5O3. The van der Waals surface area contributed by atoms with Crippen molar-refractivity contribution in [2.45, 2.75) is 44.2 Å². The highest BCUT2D eigenvalue weighted by molar-refractivity contribution is 6.45. The number of fused-ring (bicyclic) bond motifs is 1. The van der Waals surface area contributed by atoms with E-state index in [1.807, 2.05) is 18.3 Å². The van der Waals surface area contributed by atoms with Gasteiger partial charge in [0.25, 0.3) is 0 Å². The lowest BCUT2D eigenvalue weighted by Gasteiger charge is -2.29. The first kappa shape index (κ1) is 22.0. The minimum absolute atomic E-state index is 0.0624. The number of carbonyl (C=O) groups excluding carboxylic acids is 1. The van der Waals surface area contributed by atoms with E-state index < -0.39 is 12.0 Å². The van der Waals surface area contributed by atoms with Gasteiger partial charge in [-0.05, 0) is 43.4 Å². The number of nitrogens with one attached hydrogen (secondary N) is 1. The summed E-state index contributed by atoms with van der Waals surface area (Å²) in [6.07, 6.45) is 6.79. The zero-order valence-electron chi connectivity index (χ0n) is 17.8. The van der Waals surface area contributed by atoms with Crippen molar-refractivity contribution in [3.8, 4) is 11.1 Å². The molecule has 2 saturated heterocycles. The van der Waals surface area contributed by atoms with Gasteiger partial charge >= 0.3 is 5.97 Å². The van der Waals surface area contributed by atoms with Crippen LogP contribution in [0.2, 0.25) is 10.0 Å². The van der Waals surface area contributed by atoms with Crippen LogP contribution in [0.15, 0.2) is 30.6 Å². The molecule has 2 N–H and O–H groups in total. The van der Waals surface area contributed by atoms with Crippen LogP contribution in [0.5, 0.6) is 0 Å². The van der Waals surface area contributed by atoms with Gasteiger partial charge < -0.3 is 14.9 Å². The number of amides is 1. The Morgan fingerprint density at radius 2 is 2.00 bits per heavy atom. The number of carboxylic acid groups (broad SMARTS) is 1. The van der Waals surface area contributed by atoms with E-state index in [0.717, 1.165) is 48.1 Å². The topological polar surface area (TPSA) is 102 Å². The van der Waals surface area contributed by atoms with E-state index >= 15 is 0 Å². The van der Waals surface area contributed by atoms with Gasteiger partial charge in [-0.2, -0.15) is 5.10 Å². The number of aliphatic carboxylic acids is 1. The van der Waals surface area contributed by atoms with Crippen LogP contribution in [0.25, 0.3) is 22.0 Å².